The van der Waals surface area contributed by atoms with Crippen molar-refractivity contribution in [1.82, 2.24) is 0 Å². The normalized spacial score (nSPS) is 15.2. The van der Waals surface area contributed by atoms with Crippen LogP contribution in [0.2, 0.25) is 0 Å². The zero-order valence-electron chi connectivity index (χ0n) is 41.6. The van der Waals surface area contributed by atoms with Crippen molar-refractivity contribution in [3.8, 4) is 55.6 Å². The van der Waals surface area contributed by atoms with Crippen LogP contribution in [0.25, 0.3) is 55.6 Å². The first-order chi connectivity index (χ1) is 37.7. The monoisotopic (exact) mass is 964 g/mol. The van der Waals surface area contributed by atoms with Crippen LogP contribution in [0.1, 0.15) is 44.5 Å². The molecule has 1 aliphatic heterocycles. The summed E-state index contributed by atoms with van der Waals surface area (Å²) in [5, 5.41) is 0. The van der Waals surface area contributed by atoms with E-state index >= 15 is 0 Å². The lowest BCUT2D eigenvalue weighted by atomic mass is 9.64. The first-order valence-electron chi connectivity index (χ1n) is 26.5. The minimum Gasteiger partial charge on any atom is -0.310 e. The number of hydrogen-bond donors (Lipinski definition) is 0. The van der Waals surface area contributed by atoms with Gasteiger partial charge in [-0.15, -0.1) is 0 Å². The predicted molar refractivity (Wildman–Crippen MR) is 314 cm³/mol. The average Bonchev–Trinajstić information content (AvgIpc) is 4.30. The second-order valence-electron chi connectivity index (χ2n) is 20.6. The summed E-state index contributed by atoms with van der Waals surface area (Å²) < 4.78 is 0. The maximum Gasteiger partial charge on any atom is 0.0754 e. The summed E-state index contributed by atoms with van der Waals surface area (Å²) >= 11 is 0. The van der Waals surface area contributed by atoms with Gasteiger partial charge >= 0.3 is 0 Å². The highest BCUT2D eigenvalue weighted by Crippen LogP contribution is 2.66. The molecule has 0 amide bonds. The lowest BCUT2D eigenvalue weighted by Gasteiger charge is -2.44. The molecule has 16 rings (SSSR count). The molecular weight excluding hydrogens is 917 g/mol. The molecule has 1 spiro atoms. The van der Waals surface area contributed by atoms with Crippen molar-refractivity contribution in [1.29, 1.82) is 0 Å². The Kier molecular flexibility index (Phi) is 9.20. The topological polar surface area (TPSA) is 6.48 Å². The maximum atomic E-state index is 2.50. The predicted octanol–water partition coefficient (Wildman–Crippen LogP) is 19.0. The summed E-state index contributed by atoms with van der Waals surface area (Å²) in [7, 11) is 0. The van der Waals surface area contributed by atoms with Crippen molar-refractivity contribution in [2.75, 3.05) is 9.80 Å². The van der Waals surface area contributed by atoms with E-state index in [4.69, 9.17) is 0 Å². The van der Waals surface area contributed by atoms with E-state index in [9.17, 15) is 0 Å². The van der Waals surface area contributed by atoms with Crippen molar-refractivity contribution < 1.29 is 0 Å². The third-order valence-electron chi connectivity index (χ3n) is 17.1. The second-order valence-corrected chi connectivity index (χ2v) is 20.6. The molecule has 76 heavy (non-hydrogen) atoms. The lowest BCUT2D eigenvalue weighted by Crippen LogP contribution is -2.35. The van der Waals surface area contributed by atoms with Crippen molar-refractivity contribution in [2.24, 2.45) is 0 Å². The smallest absolute Gasteiger partial charge is 0.0754 e. The summed E-state index contributed by atoms with van der Waals surface area (Å²) in [5.74, 6) is 0. The van der Waals surface area contributed by atoms with Gasteiger partial charge in [0, 0.05) is 28.2 Å². The molecule has 1 heterocycles. The van der Waals surface area contributed by atoms with Crippen LogP contribution in [-0.2, 0) is 10.8 Å². The Morgan fingerprint density at radius 1 is 0.263 bits per heavy atom. The molecule has 354 valence electrons. The van der Waals surface area contributed by atoms with Gasteiger partial charge in [-0.2, -0.15) is 0 Å². The van der Waals surface area contributed by atoms with Gasteiger partial charge in [0.25, 0.3) is 0 Å². The zero-order chi connectivity index (χ0) is 50.0. The van der Waals surface area contributed by atoms with E-state index in [1.165, 1.54) is 112 Å². The van der Waals surface area contributed by atoms with E-state index in [2.05, 4.69) is 301 Å². The minimum atomic E-state index is -0.538. The van der Waals surface area contributed by atoms with Crippen LogP contribution >= 0.6 is 0 Å². The van der Waals surface area contributed by atoms with Gasteiger partial charge in [0.15, 0.2) is 0 Å². The molecule has 12 aromatic carbocycles. The molecule has 1 atom stereocenters. The largest absolute Gasteiger partial charge is 0.310 e. The number of rotatable bonds is 7. The van der Waals surface area contributed by atoms with Gasteiger partial charge in [-0.3, -0.25) is 0 Å². The summed E-state index contributed by atoms with van der Waals surface area (Å²) in [6.45, 7) is 0. The van der Waals surface area contributed by atoms with Crippen LogP contribution in [-0.4, -0.2) is 0 Å². The number of fused-ring (bicyclic) bond motifs is 15. The molecule has 0 bridgehead atoms. The maximum absolute atomic E-state index is 2.50. The molecule has 0 aromatic heterocycles. The SMILES string of the molecule is c1ccc(-c2ccccc2N(c2ccc(-c3ccc4c(c3)C3(c5ccccc5)c5ccccc5N(c5ccccc5)c5cccc-4c53)cc2)c2ccc3c(c2)C2(c4ccccc4-c4ccccc42)c2ccccc2-3)cc1. The number of benzene rings is 12. The number of anilines is 6. The van der Waals surface area contributed by atoms with Crippen molar-refractivity contribution >= 4 is 34.1 Å². The summed E-state index contributed by atoms with van der Waals surface area (Å²) in [6, 6.07) is 109. The Labute approximate surface area is 443 Å². The fraction of sp³-hybridized carbons (Fsp3) is 0.0270. The van der Waals surface area contributed by atoms with E-state index in [0.29, 0.717) is 0 Å². The van der Waals surface area contributed by atoms with Crippen LogP contribution < -0.4 is 9.80 Å². The van der Waals surface area contributed by atoms with Crippen LogP contribution in [0.15, 0.2) is 291 Å². The highest BCUT2D eigenvalue weighted by Gasteiger charge is 2.54. The fourth-order valence-corrected chi connectivity index (χ4v) is 14.1. The Bertz CT molecular complexity index is 4230. The summed E-state index contributed by atoms with van der Waals surface area (Å²) in [4.78, 5) is 4.95. The summed E-state index contributed by atoms with van der Waals surface area (Å²) in [6.07, 6.45) is 0. The number of para-hydroxylation sites is 3. The summed E-state index contributed by atoms with van der Waals surface area (Å²) in [5.41, 5.74) is 28.9. The van der Waals surface area contributed by atoms with Crippen LogP contribution in [0.3, 0.4) is 0 Å². The average molecular weight is 965 g/mol. The second kappa shape index (κ2) is 16.4. The van der Waals surface area contributed by atoms with Gasteiger partial charge < -0.3 is 9.80 Å². The van der Waals surface area contributed by atoms with Crippen molar-refractivity contribution in [3.63, 3.8) is 0 Å². The van der Waals surface area contributed by atoms with Crippen LogP contribution in [0.4, 0.5) is 34.1 Å². The molecule has 0 saturated heterocycles. The van der Waals surface area contributed by atoms with Gasteiger partial charge in [-0.25, -0.2) is 0 Å². The molecule has 0 N–H and O–H groups in total. The molecular formula is C74H48N2. The first-order valence-corrected chi connectivity index (χ1v) is 26.5. The van der Waals surface area contributed by atoms with E-state index in [1.807, 2.05) is 0 Å². The van der Waals surface area contributed by atoms with Gasteiger partial charge in [0.05, 0.1) is 27.9 Å². The lowest BCUT2D eigenvalue weighted by molar-refractivity contribution is 0.754. The Morgan fingerprint density at radius 3 is 1.42 bits per heavy atom. The molecule has 2 heteroatoms. The number of hydrogen-bond acceptors (Lipinski definition) is 2. The standard InChI is InChI=1S/C74H48N2/c1-4-21-50(22-5-1)56-27-13-18-36-69(56)75(55-44-46-60-59-30-12-16-34-65(59)74(68(60)48-55)63-32-14-10-28-57(63)58-29-11-15-33-64(58)74)54-42-39-49(40-43-54)51-41-45-61-62-31-20-38-71-72(62)73(67(61)47-51,52-23-6-2-7-24-52)66-35-17-19-37-70(66)76(71)53-25-8-3-9-26-53/h1-48H. The fourth-order valence-electron chi connectivity index (χ4n) is 14.1. The minimum absolute atomic E-state index is 0.465. The molecule has 3 aliphatic carbocycles. The zero-order valence-corrected chi connectivity index (χ0v) is 41.6. The highest BCUT2D eigenvalue weighted by atomic mass is 15.2. The molecule has 4 aliphatic rings. The van der Waals surface area contributed by atoms with E-state index in [0.717, 1.165) is 22.7 Å². The first kappa shape index (κ1) is 42.7. The van der Waals surface area contributed by atoms with Crippen LogP contribution in [0, 0.1) is 0 Å². The van der Waals surface area contributed by atoms with Crippen LogP contribution in [0.5, 0.6) is 0 Å². The Morgan fingerprint density at radius 2 is 0.737 bits per heavy atom. The van der Waals surface area contributed by atoms with E-state index in [-0.39, 0.29) is 0 Å². The van der Waals surface area contributed by atoms with Gasteiger partial charge in [0.1, 0.15) is 0 Å². The third kappa shape index (κ3) is 5.76. The molecule has 12 aromatic rings. The van der Waals surface area contributed by atoms with E-state index in [1.54, 1.807) is 0 Å². The number of nitrogens with zero attached hydrogens (tertiary/aromatic N) is 2. The Hall–Kier alpha value is -9.76. The third-order valence-corrected chi connectivity index (χ3v) is 17.1. The quantitative estimate of drug-likeness (QED) is 0.157. The molecule has 2 nitrogen and oxygen atoms in total. The van der Waals surface area contributed by atoms with Crippen molar-refractivity contribution in [3.05, 3.63) is 336 Å². The highest BCUT2D eigenvalue weighted by molar-refractivity contribution is 6.01. The molecule has 1 unspecified atom stereocenters. The van der Waals surface area contributed by atoms with E-state index < -0.39 is 10.8 Å². The van der Waals surface area contributed by atoms with Gasteiger partial charge in [0.2, 0.25) is 0 Å². The Balaban J connectivity index is 0.878. The van der Waals surface area contributed by atoms with Gasteiger partial charge in [-0.1, -0.05) is 231 Å². The molecule has 0 radical (unpaired) electrons. The van der Waals surface area contributed by atoms with Crippen molar-refractivity contribution in [2.45, 2.75) is 10.8 Å². The molecule has 0 fully saturated rings. The van der Waals surface area contributed by atoms with Gasteiger partial charge in [-0.05, 0) is 150 Å². The molecule has 0 saturated carbocycles.